The zero-order valence-electron chi connectivity index (χ0n) is 7.23. The lowest BCUT2D eigenvalue weighted by atomic mass is 10.2. The maximum atomic E-state index is 12.2. The third kappa shape index (κ3) is 3.36. The molecule has 1 aromatic rings. The first-order valence-electron chi connectivity index (χ1n) is 3.93. The van der Waals surface area contributed by atoms with Gasteiger partial charge in [0.25, 0.3) is 0 Å². The molecule has 0 heterocycles. The number of hydrogen-bond donors (Lipinski definition) is 0. The molecule has 0 aliphatic rings. The molecule has 0 fully saturated rings. The summed E-state index contributed by atoms with van der Waals surface area (Å²) in [6.45, 7) is 0. The summed E-state index contributed by atoms with van der Waals surface area (Å²) in [5.74, 6) is 2.41. The summed E-state index contributed by atoms with van der Waals surface area (Å²) in [4.78, 5) is 0. The van der Waals surface area contributed by atoms with Gasteiger partial charge in [-0.15, -0.1) is 0 Å². The Balaban J connectivity index is 2.62. The van der Waals surface area contributed by atoms with Gasteiger partial charge >= 0.3 is 6.08 Å². The smallest absolute Gasteiger partial charge is 0.191 e. The lowest BCUT2D eigenvalue weighted by molar-refractivity contribution is 0.389. The minimum atomic E-state index is -2.37. The highest BCUT2D eigenvalue weighted by atomic mass is 19.3. The lowest BCUT2D eigenvalue weighted by Crippen LogP contribution is -1.79. The Morgan fingerprint density at radius 1 is 1.07 bits per heavy atom. The van der Waals surface area contributed by atoms with Gasteiger partial charge in [0.2, 0.25) is 5.83 Å². The topological polar surface area (TPSA) is 0 Å². The Labute approximate surface area is 80.1 Å². The first-order valence-corrected chi connectivity index (χ1v) is 3.93. The van der Waals surface area contributed by atoms with Crippen molar-refractivity contribution >= 4 is 0 Å². The molecule has 0 radical (unpaired) electrons. The number of allylic oxidation sites excluding steroid dienone is 1. The van der Waals surface area contributed by atoms with Gasteiger partial charge in [-0.05, 0) is 11.5 Å². The van der Waals surface area contributed by atoms with E-state index < -0.39 is 11.9 Å². The van der Waals surface area contributed by atoms with Crippen molar-refractivity contribution in [1.29, 1.82) is 0 Å². The molecule has 0 saturated heterocycles. The summed E-state index contributed by atoms with van der Waals surface area (Å²) < 4.78 is 35.3. The van der Waals surface area contributed by atoms with Gasteiger partial charge in [0.15, 0.2) is 0 Å². The second-order valence-corrected chi connectivity index (χ2v) is 2.54. The maximum absolute atomic E-state index is 12.2. The minimum absolute atomic E-state index is 0.265. The highest BCUT2D eigenvalue weighted by Gasteiger charge is 1.98. The molecule has 0 bridgehead atoms. The average Bonchev–Trinajstić information content (AvgIpc) is 2.19. The van der Waals surface area contributed by atoms with Crippen LogP contribution in [0.15, 0.2) is 42.2 Å². The van der Waals surface area contributed by atoms with E-state index in [1.807, 2.05) is 6.07 Å². The largest absolute Gasteiger partial charge is 0.314 e. The predicted octanol–water partition coefficient (Wildman–Crippen LogP) is 3.31. The van der Waals surface area contributed by atoms with E-state index in [0.717, 1.165) is 5.56 Å². The molecule has 14 heavy (non-hydrogen) atoms. The van der Waals surface area contributed by atoms with Gasteiger partial charge in [-0.1, -0.05) is 36.3 Å². The Kier molecular flexibility index (Phi) is 3.81. The second kappa shape index (κ2) is 5.13. The van der Waals surface area contributed by atoms with E-state index in [2.05, 4.69) is 5.92 Å². The first kappa shape index (κ1) is 10.4. The molecule has 0 atom stereocenters. The molecule has 72 valence electrons. The molecular weight excluding hydrogens is 189 g/mol. The zero-order valence-corrected chi connectivity index (χ0v) is 7.23. The van der Waals surface area contributed by atoms with Crippen LogP contribution in [0.4, 0.5) is 13.2 Å². The summed E-state index contributed by atoms with van der Waals surface area (Å²) in [5, 5.41) is 0. The quantitative estimate of drug-likeness (QED) is 0.604. The predicted molar refractivity (Wildman–Crippen MR) is 48.3 cm³/mol. The molecule has 0 N–H and O–H groups in total. The summed E-state index contributed by atoms with van der Waals surface area (Å²) >= 11 is 0. The van der Waals surface area contributed by atoms with Crippen molar-refractivity contribution in [2.45, 2.75) is 6.42 Å². The molecule has 0 aromatic heterocycles. The van der Waals surface area contributed by atoms with Gasteiger partial charge in [-0.3, -0.25) is 0 Å². The monoisotopic (exact) mass is 196 g/mol. The molecule has 0 saturated carbocycles. The zero-order chi connectivity index (χ0) is 10.4. The number of halogens is 3. The van der Waals surface area contributed by atoms with Gasteiger partial charge in [0.1, 0.15) is 0 Å². The highest BCUT2D eigenvalue weighted by molar-refractivity contribution is 5.27. The van der Waals surface area contributed by atoms with E-state index in [4.69, 9.17) is 0 Å². The van der Waals surface area contributed by atoms with Crippen molar-refractivity contribution in [1.82, 2.24) is 0 Å². The van der Waals surface area contributed by atoms with Gasteiger partial charge < -0.3 is 0 Å². The van der Waals surface area contributed by atoms with Crippen molar-refractivity contribution in [3.05, 3.63) is 47.8 Å². The van der Waals surface area contributed by atoms with Gasteiger partial charge in [0.05, 0.1) is 0 Å². The molecule has 0 aliphatic heterocycles. The average molecular weight is 196 g/mol. The van der Waals surface area contributed by atoms with Crippen LogP contribution in [0.3, 0.4) is 0 Å². The van der Waals surface area contributed by atoms with E-state index in [-0.39, 0.29) is 6.42 Å². The fraction of sp³-hybridized carbons (Fsp3) is 0.0909. The highest BCUT2D eigenvalue weighted by Crippen LogP contribution is 2.07. The Morgan fingerprint density at radius 2 is 1.71 bits per heavy atom. The molecule has 0 unspecified atom stereocenters. The normalized spacial score (nSPS) is 8.79. The number of rotatable bonds is 1. The summed E-state index contributed by atoms with van der Waals surface area (Å²) in [6.07, 6.45) is -2.10. The Bertz CT molecular complexity index is 378. The van der Waals surface area contributed by atoms with Crippen LogP contribution in [0.1, 0.15) is 5.56 Å². The van der Waals surface area contributed by atoms with Crippen molar-refractivity contribution in [3.63, 3.8) is 0 Å². The van der Waals surface area contributed by atoms with E-state index >= 15 is 0 Å². The van der Waals surface area contributed by atoms with Crippen LogP contribution in [0.5, 0.6) is 0 Å². The van der Waals surface area contributed by atoms with Crippen LogP contribution < -0.4 is 0 Å². The summed E-state index contributed by atoms with van der Waals surface area (Å²) in [7, 11) is 0. The van der Waals surface area contributed by atoms with Crippen LogP contribution in [-0.2, 0) is 6.42 Å². The third-order valence-corrected chi connectivity index (χ3v) is 1.50. The molecule has 0 nitrogen and oxygen atoms in total. The second-order valence-electron chi connectivity index (χ2n) is 2.54. The lowest BCUT2D eigenvalue weighted by Gasteiger charge is -1.90. The molecule has 0 aliphatic carbocycles. The van der Waals surface area contributed by atoms with E-state index in [9.17, 15) is 13.2 Å². The molecule has 0 amide bonds. The van der Waals surface area contributed by atoms with Crippen LogP contribution >= 0.6 is 0 Å². The van der Waals surface area contributed by atoms with Gasteiger partial charge in [0, 0.05) is 6.42 Å². The van der Waals surface area contributed by atoms with E-state index in [1.165, 1.54) is 0 Å². The Hall–Kier alpha value is -1.69. The SMILES string of the molecule is FC(F)=C(F)C#CCc1ccccc1. The molecule has 0 spiro atoms. The fourth-order valence-electron chi connectivity index (χ4n) is 0.867. The van der Waals surface area contributed by atoms with E-state index in [0.29, 0.717) is 0 Å². The molecule has 1 aromatic carbocycles. The van der Waals surface area contributed by atoms with E-state index in [1.54, 1.807) is 30.2 Å². The molecule has 3 heteroatoms. The maximum Gasteiger partial charge on any atom is 0.314 e. The number of hydrogen-bond acceptors (Lipinski definition) is 0. The molecular formula is C11H7F3. The van der Waals surface area contributed by atoms with Gasteiger partial charge in [-0.2, -0.15) is 13.2 Å². The minimum Gasteiger partial charge on any atom is -0.191 e. The van der Waals surface area contributed by atoms with Crippen LogP contribution in [0, 0.1) is 11.8 Å². The standard InChI is InChI=1S/C11H7F3/c12-10(11(13)14)8-4-7-9-5-2-1-3-6-9/h1-3,5-6H,7H2. The number of benzene rings is 1. The Morgan fingerprint density at radius 3 is 2.29 bits per heavy atom. The van der Waals surface area contributed by atoms with Crippen LogP contribution in [-0.4, -0.2) is 0 Å². The van der Waals surface area contributed by atoms with Gasteiger partial charge in [-0.25, -0.2) is 0 Å². The van der Waals surface area contributed by atoms with Crippen LogP contribution in [0.2, 0.25) is 0 Å². The van der Waals surface area contributed by atoms with Crippen molar-refractivity contribution in [3.8, 4) is 11.8 Å². The first-order chi connectivity index (χ1) is 6.70. The van der Waals surface area contributed by atoms with Crippen LogP contribution in [0.25, 0.3) is 0 Å². The summed E-state index contributed by atoms with van der Waals surface area (Å²) in [5.41, 5.74) is 0.868. The third-order valence-electron chi connectivity index (χ3n) is 1.50. The van der Waals surface area contributed by atoms with Crippen molar-refractivity contribution in [2.24, 2.45) is 0 Å². The van der Waals surface area contributed by atoms with Crippen molar-refractivity contribution in [2.75, 3.05) is 0 Å². The molecule has 1 rings (SSSR count). The fourth-order valence-corrected chi connectivity index (χ4v) is 0.867. The van der Waals surface area contributed by atoms with Crippen molar-refractivity contribution < 1.29 is 13.2 Å². The summed E-state index contributed by atoms with van der Waals surface area (Å²) in [6, 6.07) is 9.03.